The summed E-state index contributed by atoms with van der Waals surface area (Å²) in [6.07, 6.45) is 3.24. The second kappa shape index (κ2) is 11.8. The third kappa shape index (κ3) is 7.36. The molecule has 0 saturated carbocycles. The van der Waals surface area contributed by atoms with E-state index < -0.39 is 12.1 Å². The summed E-state index contributed by atoms with van der Waals surface area (Å²) in [7, 11) is 0. The molecule has 10 heteroatoms. The van der Waals surface area contributed by atoms with Crippen molar-refractivity contribution in [1.29, 1.82) is 0 Å². The number of hydrogen-bond acceptors (Lipinski definition) is 5. The molecule has 6 N–H and O–H groups in total. The molecule has 0 radical (unpaired) electrons. The van der Waals surface area contributed by atoms with Gasteiger partial charge in [0.15, 0.2) is 0 Å². The lowest BCUT2D eigenvalue weighted by Gasteiger charge is -2.36. The number of halogens is 1. The summed E-state index contributed by atoms with van der Waals surface area (Å²) in [5.41, 5.74) is 10.6. The number of urea groups is 1. The molecule has 2 atom stereocenters. The highest BCUT2D eigenvalue weighted by atomic mass is 35.5. The molecule has 4 amide bonds. The molecule has 1 fully saturated rings. The highest BCUT2D eigenvalue weighted by molar-refractivity contribution is 7.10. The first-order valence-electron chi connectivity index (χ1n) is 8.87. The van der Waals surface area contributed by atoms with Crippen molar-refractivity contribution in [3.05, 3.63) is 22.4 Å². The van der Waals surface area contributed by atoms with Crippen molar-refractivity contribution in [3.8, 4) is 0 Å². The summed E-state index contributed by atoms with van der Waals surface area (Å²) in [6, 6.07) is 2.63. The third-order valence-corrected chi connectivity index (χ3v) is 5.42. The fourth-order valence-electron chi connectivity index (χ4n) is 3.17. The van der Waals surface area contributed by atoms with Crippen LogP contribution in [-0.4, -0.2) is 48.4 Å². The van der Waals surface area contributed by atoms with Gasteiger partial charge in [-0.3, -0.25) is 9.59 Å². The van der Waals surface area contributed by atoms with Crippen molar-refractivity contribution in [2.24, 2.45) is 11.5 Å². The van der Waals surface area contributed by atoms with E-state index in [0.29, 0.717) is 19.6 Å². The molecular formula is C17H28ClN5O3S. The first-order chi connectivity index (χ1) is 12.5. The van der Waals surface area contributed by atoms with Gasteiger partial charge in [-0.1, -0.05) is 6.07 Å². The van der Waals surface area contributed by atoms with E-state index in [1.54, 1.807) is 0 Å². The number of nitrogens with two attached hydrogens (primary N) is 2. The van der Waals surface area contributed by atoms with E-state index in [4.69, 9.17) is 11.5 Å². The van der Waals surface area contributed by atoms with Crippen LogP contribution < -0.4 is 22.1 Å². The van der Waals surface area contributed by atoms with E-state index in [0.717, 1.165) is 24.1 Å². The van der Waals surface area contributed by atoms with Crippen molar-refractivity contribution in [1.82, 2.24) is 15.5 Å². The van der Waals surface area contributed by atoms with E-state index in [1.165, 1.54) is 11.3 Å². The number of likely N-dealkylation sites (tertiary alicyclic amines) is 1. The molecule has 2 rings (SSSR count). The maximum Gasteiger partial charge on any atom is 0.312 e. The van der Waals surface area contributed by atoms with Gasteiger partial charge >= 0.3 is 6.03 Å². The van der Waals surface area contributed by atoms with Gasteiger partial charge in [-0.05, 0) is 30.7 Å². The first kappa shape index (κ1) is 23.2. The van der Waals surface area contributed by atoms with Gasteiger partial charge in [0, 0.05) is 37.0 Å². The maximum absolute atomic E-state index is 12.9. The number of rotatable bonds is 8. The summed E-state index contributed by atoms with van der Waals surface area (Å²) in [5, 5.41) is 7.40. The number of nitrogens with zero attached hydrogens (tertiary/aromatic N) is 1. The summed E-state index contributed by atoms with van der Waals surface area (Å²) in [5.74, 6) is -0.146. The third-order valence-electron chi connectivity index (χ3n) is 4.44. The van der Waals surface area contributed by atoms with Crippen LogP contribution in [-0.2, 0) is 9.59 Å². The molecule has 0 bridgehead atoms. The van der Waals surface area contributed by atoms with Gasteiger partial charge in [0.05, 0.1) is 12.5 Å². The average Bonchev–Trinajstić information content (AvgIpc) is 3.14. The van der Waals surface area contributed by atoms with Gasteiger partial charge < -0.3 is 27.0 Å². The molecule has 2 heterocycles. The van der Waals surface area contributed by atoms with E-state index in [-0.39, 0.29) is 43.1 Å². The number of carbonyl (C=O) groups excluding carboxylic acids is 3. The van der Waals surface area contributed by atoms with Crippen LogP contribution >= 0.6 is 23.7 Å². The Balaban J connectivity index is 0.00000364. The van der Waals surface area contributed by atoms with Crippen molar-refractivity contribution < 1.29 is 14.4 Å². The normalized spacial score (nSPS) is 17.5. The molecule has 0 aliphatic carbocycles. The van der Waals surface area contributed by atoms with Crippen LogP contribution in [0.15, 0.2) is 17.5 Å². The molecule has 1 aromatic heterocycles. The lowest BCUT2D eigenvalue weighted by Crippen LogP contribution is -2.50. The van der Waals surface area contributed by atoms with Gasteiger partial charge in [-0.2, -0.15) is 0 Å². The van der Waals surface area contributed by atoms with Crippen LogP contribution in [0.1, 0.15) is 43.0 Å². The predicted octanol–water partition coefficient (Wildman–Crippen LogP) is 1.12. The quantitative estimate of drug-likeness (QED) is 0.504. The molecular weight excluding hydrogens is 390 g/mol. The smallest absolute Gasteiger partial charge is 0.312 e. The fraction of sp³-hybridized carbons (Fsp3) is 0.588. The molecule has 1 aliphatic rings. The zero-order valence-electron chi connectivity index (χ0n) is 15.2. The van der Waals surface area contributed by atoms with E-state index >= 15 is 0 Å². The lowest BCUT2D eigenvalue weighted by molar-refractivity contribution is -0.136. The highest BCUT2D eigenvalue weighted by Gasteiger charge is 2.29. The Hall–Kier alpha value is -1.84. The molecule has 1 aromatic rings. The summed E-state index contributed by atoms with van der Waals surface area (Å²) in [6.45, 7) is 1.39. The Morgan fingerprint density at radius 3 is 2.74 bits per heavy atom. The summed E-state index contributed by atoms with van der Waals surface area (Å²) in [4.78, 5) is 38.5. The molecule has 27 heavy (non-hydrogen) atoms. The van der Waals surface area contributed by atoms with Gasteiger partial charge in [0.2, 0.25) is 11.8 Å². The maximum atomic E-state index is 12.9. The Bertz CT molecular complexity index is 614. The summed E-state index contributed by atoms with van der Waals surface area (Å²) >= 11 is 1.47. The Labute approximate surface area is 169 Å². The highest BCUT2D eigenvalue weighted by Crippen LogP contribution is 2.25. The van der Waals surface area contributed by atoms with Crippen molar-refractivity contribution in [2.75, 3.05) is 19.6 Å². The molecule has 8 nitrogen and oxygen atoms in total. The second-order valence-corrected chi connectivity index (χ2v) is 7.34. The molecule has 1 saturated heterocycles. The first-order valence-corrected chi connectivity index (χ1v) is 9.74. The van der Waals surface area contributed by atoms with Gasteiger partial charge in [-0.25, -0.2) is 4.79 Å². The molecule has 1 aliphatic heterocycles. The van der Waals surface area contributed by atoms with E-state index in [2.05, 4.69) is 10.6 Å². The van der Waals surface area contributed by atoms with E-state index in [1.807, 2.05) is 22.4 Å². The van der Waals surface area contributed by atoms with Crippen molar-refractivity contribution in [2.45, 2.75) is 44.2 Å². The van der Waals surface area contributed by atoms with Gasteiger partial charge in [0.1, 0.15) is 0 Å². The van der Waals surface area contributed by atoms with Crippen LogP contribution in [0.3, 0.4) is 0 Å². The zero-order valence-corrected chi connectivity index (χ0v) is 16.8. The Kier molecular flexibility index (Phi) is 10.1. The van der Waals surface area contributed by atoms with Crippen LogP contribution in [0.4, 0.5) is 4.79 Å². The number of nitrogens with one attached hydrogen (secondary N) is 2. The minimum Gasteiger partial charge on any atom is -0.354 e. The van der Waals surface area contributed by atoms with Crippen LogP contribution in [0, 0.1) is 0 Å². The topological polar surface area (TPSA) is 131 Å². The number of piperidine rings is 1. The summed E-state index contributed by atoms with van der Waals surface area (Å²) < 4.78 is 0. The zero-order chi connectivity index (χ0) is 18.9. The lowest BCUT2D eigenvalue weighted by atomic mass is 10.0. The number of hydrogen-bond donors (Lipinski definition) is 4. The minimum absolute atomic E-state index is 0. The average molecular weight is 418 g/mol. The van der Waals surface area contributed by atoms with E-state index in [9.17, 15) is 14.4 Å². The minimum atomic E-state index is -0.652. The Morgan fingerprint density at radius 2 is 2.11 bits per heavy atom. The predicted molar refractivity (Wildman–Crippen MR) is 108 cm³/mol. The SMILES string of the molecule is Cl.NCCC(=O)NCC1CCCCN1C(=O)CC(NC(N)=O)c1cccs1. The van der Waals surface area contributed by atoms with Crippen LogP contribution in [0.5, 0.6) is 0 Å². The van der Waals surface area contributed by atoms with Gasteiger partial charge in [0.25, 0.3) is 0 Å². The monoisotopic (exact) mass is 417 g/mol. The Morgan fingerprint density at radius 1 is 1.33 bits per heavy atom. The fourth-order valence-corrected chi connectivity index (χ4v) is 3.95. The number of carbonyl (C=O) groups is 3. The van der Waals surface area contributed by atoms with Crippen molar-refractivity contribution in [3.63, 3.8) is 0 Å². The van der Waals surface area contributed by atoms with Crippen molar-refractivity contribution >= 4 is 41.6 Å². The molecule has 0 aromatic carbocycles. The number of amides is 4. The van der Waals surface area contributed by atoms with Crippen LogP contribution in [0.25, 0.3) is 0 Å². The number of primary amides is 1. The molecule has 2 unspecified atom stereocenters. The standard InChI is InChI=1S/C17H27N5O3S.ClH/c18-7-6-15(23)20-11-12-4-1-2-8-22(12)16(24)10-13(21-17(19)25)14-5-3-9-26-14;/h3,5,9,12-13H,1-2,4,6-8,10-11,18H2,(H,20,23)(H3,19,21,25);1H. The number of thiophene rings is 1. The van der Waals surface area contributed by atoms with Crippen LogP contribution in [0.2, 0.25) is 0 Å². The molecule has 0 spiro atoms. The van der Waals surface area contributed by atoms with Gasteiger partial charge in [-0.15, -0.1) is 23.7 Å². The molecule has 152 valence electrons. The second-order valence-electron chi connectivity index (χ2n) is 6.36. The largest absolute Gasteiger partial charge is 0.354 e.